The summed E-state index contributed by atoms with van der Waals surface area (Å²) in [7, 11) is 2.13. The van der Waals surface area contributed by atoms with Crippen molar-refractivity contribution in [1.29, 1.82) is 0 Å². The maximum absolute atomic E-state index is 4.49. The van der Waals surface area contributed by atoms with Crippen LogP contribution < -0.4 is 10.2 Å². The zero-order valence-corrected chi connectivity index (χ0v) is 13.0. The van der Waals surface area contributed by atoms with E-state index in [-0.39, 0.29) is 0 Å². The lowest BCUT2D eigenvalue weighted by Crippen LogP contribution is -2.32. The molecule has 1 fully saturated rings. The minimum Gasteiger partial charge on any atom is -0.370 e. The molecule has 5 heteroatoms. The van der Waals surface area contributed by atoms with Gasteiger partial charge in [-0.2, -0.15) is 0 Å². The molecule has 1 N–H and O–H groups in total. The first kappa shape index (κ1) is 15.0. The molecule has 0 bridgehead atoms. The van der Waals surface area contributed by atoms with Gasteiger partial charge in [-0.1, -0.05) is 6.92 Å². The van der Waals surface area contributed by atoms with E-state index in [9.17, 15) is 0 Å². The van der Waals surface area contributed by atoms with Gasteiger partial charge >= 0.3 is 0 Å². The van der Waals surface area contributed by atoms with E-state index in [1.54, 1.807) is 6.33 Å². The highest BCUT2D eigenvalue weighted by molar-refractivity contribution is 5.58. The van der Waals surface area contributed by atoms with Crippen LogP contribution in [0.3, 0.4) is 0 Å². The molecule has 1 aromatic rings. The predicted octanol–water partition coefficient (Wildman–Crippen LogP) is 2.00. The number of rotatable bonds is 7. The molecule has 0 atom stereocenters. The topological polar surface area (TPSA) is 44.3 Å². The Morgan fingerprint density at radius 2 is 2.00 bits per heavy atom. The summed E-state index contributed by atoms with van der Waals surface area (Å²) in [5, 5.41) is 3.33. The van der Waals surface area contributed by atoms with Crippen LogP contribution in [-0.4, -0.2) is 54.6 Å². The van der Waals surface area contributed by atoms with E-state index in [0.29, 0.717) is 0 Å². The molecule has 1 aliphatic heterocycles. The van der Waals surface area contributed by atoms with Crippen molar-refractivity contribution in [1.82, 2.24) is 14.9 Å². The molecule has 0 aromatic carbocycles. The Bertz CT molecular complexity index is 415. The van der Waals surface area contributed by atoms with E-state index in [4.69, 9.17) is 0 Å². The van der Waals surface area contributed by atoms with Gasteiger partial charge in [0.25, 0.3) is 0 Å². The molecule has 0 radical (unpaired) electrons. The SMILES string of the molecule is CCNc1ncnc(N(C)CCN2CCCC2)c1CC. The van der Waals surface area contributed by atoms with Crippen LogP contribution in [0.5, 0.6) is 0 Å². The van der Waals surface area contributed by atoms with Crippen LogP contribution in [0.4, 0.5) is 11.6 Å². The Hall–Kier alpha value is -1.36. The van der Waals surface area contributed by atoms with Gasteiger partial charge in [0.05, 0.1) is 0 Å². The minimum atomic E-state index is 0.890. The fraction of sp³-hybridized carbons (Fsp3) is 0.733. The summed E-state index contributed by atoms with van der Waals surface area (Å²) in [4.78, 5) is 13.7. The van der Waals surface area contributed by atoms with E-state index in [1.165, 1.54) is 31.5 Å². The highest BCUT2D eigenvalue weighted by Gasteiger charge is 2.15. The lowest BCUT2D eigenvalue weighted by molar-refractivity contribution is 0.346. The van der Waals surface area contributed by atoms with Crippen LogP contribution in [-0.2, 0) is 6.42 Å². The van der Waals surface area contributed by atoms with Gasteiger partial charge in [0.2, 0.25) is 0 Å². The van der Waals surface area contributed by atoms with Crippen LogP contribution in [0.1, 0.15) is 32.3 Å². The Kier molecular flexibility index (Phi) is 5.59. The summed E-state index contributed by atoms with van der Waals surface area (Å²) in [5.41, 5.74) is 1.22. The maximum Gasteiger partial charge on any atom is 0.137 e. The molecular weight excluding hydrogens is 250 g/mol. The minimum absolute atomic E-state index is 0.890. The molecule has 5 nitrogen and oxygen atoms in total. The number of hydrogen-bond acceptors (Lipinski definition) is 5. The van der Waals surface area contributed by atoms with Gasteiger partial charge in [-0.25, -0.2) is 9.97 Å². The lowest BCUT2D eigenvalue weighted by atomic mass is 10.2. The molecule has 0 amide bonds. The van der Waals surface area contributed by atoms with Crippen LogP contribution in [0.2, 0.25) is 0 Å². The first-order valence-electron chi connectivity index (χ1n) is 7.77. The molecule has 0 aliphatic carbocycles. The van der Waals surface area contributed by atoms with Crippen LogP contribution in [0, 0.1) is 0 Å². The van der Waals surface area contributed by atoms with Gasteiger partial charge in [-0.05, 0) is 39.3 Å². The molecule has 0 saturated carbocycles. The van der Waals surface area contributed by atoms with E-state index in [1.807, 2.05) is 0 Å². The average Bonchev–Trinajstić information content (AvgIpc) is 2.98. The molecule has 0 unspecified atom stereocenters. The number of aromatic nitrogens is 2. The van der Waals surface area contributed by atoms with E-state index in [0.717, 1.165) is 37.7 Å². The number of nitrogens with one attached hydrogen (secondary N) is 1. The van der Waals surface area contributed by atoms with Gasteiger partial charge in [0, 0.05) is 32.2 Å². The standard InChI is InChI=1S/C15H27N5/c1-4-13-14(16-5-2)17-12-18-15(13)19(3)10-11-20-8-6-7-9-20/h12H,4-11H2,1-3H3,(H,16,17,18). The number of likely N-dealkylation sites (N-methyl/N-ethyl adjacent to an activating group) is 1. The Balaban J connectivity index is 2.03. The number of hydrogen-bond donors (Lipinski definition) is 1. The number of anilines is 2. The molecule has 1 saturated heterocycles. The highest BCUT2D eigenvalue weighted by Crippen LogP contribution is 2.23. The van der Waals surface area contributed by atoms with E-state index < -0.39 is 0 Å². The first-order valence-corrected chi connectivity index (χ1v) is 7.77. The Morgan fingerprint density at radius 1 is 1.25 bits per heavy atom. The van der Waals surface area contributed by atoms with Crippen LogP contribution >= 0.6 is 0 Å². The van der Waals surface area contributed by atoms with E-state index >= 15 is 0 Å². The third-order valence-corrected chi connectivity index (χ3v) is 3.93. The van der Waals surface area contributed by atoms with Crippen molar-refractivity contribution in [2.45, 2.75) is 33.1 Å². The number of nitrogens with zero attached hydrogens (tertiary/aromatic N) is 4. The molecule has 1 aliphatic rings. The summed E-state index contributed by atoms with van der Waals surface area (Å²) in [6, 6.07) is 0. The summed E-state index contributed by atoms with van der Waals surface area (Å²) in [6.45, 7) is 9.80. The Morgan fingerprint density at radius 3 is 2.65 bits per heavy atom. The molecule has 20 heavy (non-hydrogen) atoms. The summed E-state index contributed by atoms with van der Waals surface area (Å²) in [6.07, 6.45) is 5.31. The van der Waals surface area contributed by atoms with Crippen molar-refractivity contribution in [3.8, 4) is 0 Å². The van der Waals surface area contributed by atoms with Crippen molar-refractivity contribution in [3.63, 3.8) is 0 Å². The normalized spacial score (nSPS) is 15.6. The second-order valence-electron chi connectivity index (χ2n) is 5.38. The summed E-state index contributed by atoms with van der Waals surface area (Å²) < 4.78 is 0. The smallest absolute Gasteiger partial charge is 0.137 e. The molecule has 0 spiro atoms. The summed E-state index contributed by atoms with van der Waals surface area (Å²) in [5.74, 6) is 2.05. The summed E-state index contributed by atoms with van der Waals surface area (Å²) >= 11 is 0. The molecule has 112 valence electrons. The van der Waals surface area contributed by atoms with Crippen molar-refractivity contribution in [2.75, 3.05) is 50.0 Å². The first-order chi connectivity index (χ1) is 9.76. The zero-order chi connectivity index (χ0) is 14.4. The fourth-order valence-corrected chi connectivity index (χ4v) is 2.78. The molecular formula is C15H27N5. The van der Waals surface area contributed by atoms with Crippen molar-refractivity contribution in [3.05, 3.63) is 11.9 Å². The van der Waals surface area contributed by atoms with Gasteiger partial charge in [0.15, 0.2) is 0 Å². The molecule has 2 heterocycles. The quantitative estimate of drug-likeness (QED) is 0.826. The van der Waals surface area contributed by atoms with Crippen molar-refractivity contribution in [2.24, 2.45) is 0 Å². The predicted molar refractivity (Wildman–Crippen MR) is 84.5 cm³/mol. The monoisotopic (exact) mass is 277 g/mol. The third-order valence-electron chi connectivity index (χ3n) is 3.93. The highest BCUT2D eigenvalue weighted by atomic mass is 15.2. The van der Waals surface area contributed by atoms with Crippen molar-refractivity contribution < 1.29 is 0 Å². The van der Waals surface area contributed by atoms with Crippen LogP contribution in [0.25, 0.3) is 0 Å². The van der Waals surface area contributed by atoms with Gasteiger partial charge in [0.1, 0.15) is 18.0 Å². The lowest BCUT2D eigenvalue weighted by Gasteiger charge is -2.24. The van der Waals surface area contributed by atoms with Gasteiger partial charge in [-0.3, -0.25) is 0 Å². The zero-order valence-electron chi connectivity index (χ0n) is 13.0. The molecule has 2 rings (SSSR count). The maximum atomic E-state index is 4.49. The fourth-order valence-electron chi connectivity index (χ4n) is 2.78. The Labute approximate surface area is 122 Å². The third kappa shape index (κ3) is 3.60. The molecule has 1 aromatic heterocycles. The largest absolute Gasteiger partial charge is 0.370 e. The second-order valence-corrected chi connectivity index (χ2v) is 5.38. The van der Waals surface area contributed by atoms with E-state index in [2.05, 4.69) is 46.0 Å². The van der Waals surface area contributed by atoms with Crippen molar-refractivity contribution >= 4 is 11.6 Å². The van der Waals surface area contributed by atoms with Gasteiger partial charge < -0.3 is 15.1 Å². The number of likely N-dealkylation sites (tertiary alicyclic amines) is 1. The second kappa shape index (κ2) is 7.43. The van der Waals surface area contributed by atoms with Gasteiger partial charge in [-0.15, -0.1) is 0 Å². The van der Waals surface area contributed by atoms with Crippen LogP contribution in [0.15, 0.2) is 6.33 Å². The average molecular weight is 277 g/mol.